The first-order valence-corrected chi connectivity index (χ1v) is 10.5. The van der Waals surface area contributed by atoms with Crippen molar-refractivity contribution in [2.75, 3.05) is 37.6 Å². The molecular weight excluding hydrogens is 358 g/mol. The fourth-order valence-electron chi connectivity index (χ4n) is 3.80. The van der Waals surface area contributed by atoms with Crippen LogP contribution in [0.3, 0.4) is 0 Å². The predicted molar refractivity (Wildman–Crippen MR) is 108 cm³/mol. The van der Waals surface area contributed by atoms with Crippen LogP contribution >= 0.6 is 11.3 Å². The van der Waals surface area contributed by atoms with Gasteiger partial charge in [-0.3, -0.25) is 14.5 Å². The Kier molecular flexibility index (Phi) is 5.55. The number of carbonyl (C=O) groups excluding carboxylic acids is 2. The lowest BCUT2D eigenvalue weighted by molar-refractivity contribution is -0.132. The normalized spacial score (nSPS) is 18.3. The Bertz CT molecular complexity index is 780. The van der Waals surface area contributed by atoms with Gasteiger partial charge in [-0.05, 0) is 46.5 Å². The molecule has 142 valence electrons. The maximum absolute atomic E-state index is 12.6. The molecule has 27 heavy (non-hydrogen) atoms. The molecule has 1 aromatic carbocycles. The van der Waals surface area contributed by atoms with Gasteiger partial charge in [-0.25, -0.2) is 0 Å². The van der Waals surface area contributed by atoms with Crippen LogP contribution < -0.4 is 4.90 Å². The van der Waals surface area contributed by atoms with Crippen LogP contribution in [0.15, 0.2) is 41.1 Å². The van der Waals surface area contributed by atoms with E-state index in [2.05, 4.69) is 21.7 Å². The minimum absolute atomic E-state index is 0.190. The Morgan fingerprint density at radius 2 is 1.74 bits per heavy atom. The number of anilines is 1. The summed E-state index contributed by atoms with van der Waals surface area (Å²) >= 11 is 1.73. The molecule has 5 nitrogen and oxygen atoms in total. The van der Waals surface area contributed by atoms with E-state index >= 15 is 0 Å². The second-order valence-corrected chi connectivity index (χ2v) is 8.06. The summed E-state index contributed by atoms with van der Waals surface area (Å²) in [5.74, 6) is 0.384. The van der Waals surface area contributed by atoms with Crippen LogP contribution in [0.25, 0.3) is 0 Å². The second-order valence-electron chi connectivity index (χ2n) is 7.28. The van der Waals surface area contributed by atoms with Crippen LogP contribution in [-0.2, 0) is 22.6 Å². The molecule has 0 saturated carbocycles. The number of nitrogens with zero attached hydrogens (tertiary/aromatic N) is 3. The van der Waals surface area contributed by atoms with Crippen LogP contribution in [0.4, 0.5) is 5.69 Å². The van der Waals surface area contributed by atoms with Crippen LogP contribution in [0.1, 0.15) is 24.0 Å². The molecule has 2 aliphatic heterocycles. The van der Waals surface area contributed by atoms with Crippen LogP contribution in [0.5, 0.6) is 0 Å². The third-order valence-corrected chi connectivity index (χ3v) is 6.12. The average Bonchev–Trinajstić information content (AvgIpc) is 3.35. The molecule has 0 aliphatic carbocycles. The summed E-state index contributed by atoms with van der Waals surface area (Å²) in [6.45, 7) is 5.22. The Balaban J connectivity index is 1.27. The highest BCUT2D eigenvalue weighted by Gasteiger charge is 2.23. The fourth-order valence-corrected chi connectivity index (χ4v) is 4.46. The van der Waals surface area contributed by atoms with E-state index in [0.29, 0.717) is 12.8 Å². The van der Waals surface area contributed by atoms with E-state index in [-0.39, 0.29) is 11.8 Å². The molecule has 2 saturated heterocycles. The van der Waals surface area contributed by atoms with Crippen molar-refractivity contribution in [1.29, 1.82) is 0 Å². The van der Waals surface area contributed by atoms with Crippen molar-refractivity contribution in [2.45, 2.75) is 25.8 Å². The number of rotatable bonds is 5. The van der Waals surface area contributed by atoms with Crippen molar-refractivity contribution in [2.24, 2.45) is 0 Å². The largest absolute Gasteiger partial charge is 0.340 e. The zero-order valence-electron chi connectivity index (χ0n) is 15.5. The van der Waals surface area contributed by atoms with Gasteiger partial charge in [-0.15, -0.1) is 0 Å². The lowest BCUT2D eigenvalue weighted by atomic mass is 10.1. The van der Waals surface area contributed by atoms with Crippen molar-refractivity contribution >= 4 is 28.8 Å². The summed E-state index contributed by atoms with van der Waals surface area (Å²) in [7, 11) is 0. The molecule has 0 bridgehead atoms. The van der Waals surface area contributed by atoms with Crippen molar-refractivity contribution in [1.82, 2.24) is 9.80 Å². The molecule has 0 unspecified atom stereocenters. The monoisotopic (exact) mass is 383 g/mol. The molecule has 0 atom stereocenters. The van der Waals surface area contributed by atoms with Gasteiger partial charge in [0.2, 0.25) is 11.8 Å². The third kappa shape index (κ3) is 4.39. The van der Waals surface area contributed by atoms with Crippen LogP contribution in [-0.4, -0.2) is 54.3 Å². The highest BCUT2D eigenvalue weighted by Crippen LogP contribution is 2.22. The van der Waals surface area contributed by atoms with E-state index in [1.807, 2.05) is 34.1 Å². The summed E-state index contributed by atoms with van der Waals surface area (Å²) in [5.41, 5.74) is 3.31. The molecule has 2 fully saturated rings. The average molecular weight is 384 g/mol. The zero-order chi connectivity index (χ0) is 18.6. The number of benzene rings is 1. The minimum Gasteiger partial charge on any atom is -0.340 e. The SMILES string of the molecule is O=C(Cc1ccc(N2CCCC2=O)cc1)N1CCN(Cc2ccsc2)CC1. The van der Waals surface area contributed by atoms with E-state index < -0.39 is 0 Å². The second kappa shape index (κ2) is 8.23. The number of piperazine rings is 1. The lowest BCUT2D eigenvalue weighted by Gasteiger charge is -2.34. The van der Waals surface area contributed by atoms with Crippen molar-refractivity contribution in [3.63, 3.8) is 0 Å². The standard InChI is InChI=1S/C21H25N3O2S/c25-20-2-1-8-24(20)19-5-3-17(4-6-19)14-21(26)23-11-9-22(10-12-23)15-18-7-13-27-16-18/h3-7,13,16H,1-2,8-12,14-15H2. The molecular formula is C21H25N3O2S. The topological polar surface area (TPSA) is 43.9 Å². The van der Waals surface area contributed by atoms with Gasteiger partial charge >= 0.3 is 0 Å². The molecule has 0 N–H and O–H groups in total. The first kappa shape index (κ1) is 18.2. The molecule has 6 heteroatoms. The van der Waals surface area contributed by atoms with Crippen molar-refractivity contribution in [3.05, 3.63) is 52.2 Å². The van der Waals surface area contributed by atoms with Crippen LogP contribution in [0, 0.1) is 0 Å². The predicted octanol–water partition coefficient (Wildman–Crippen LogP) is 2.76. The first-order chi connectivity index (χ1) is 13.2. The molecule has 2 aliphatic rings. The molecule has 4 rings (SSSR count). The van der Waals surface area contributed by atoms with E-state index in [0.717, 1.165) is 56.9 Å². The number of hydrogen-bond donors (Lipinski definition) is 0. The van der Waals surface area contributed by atoms with E-state index in [1.54, 1.807) is 11.3 Å². The zero-order valence-corrected chi connectivity index (χ0v) is 16.3. The molecule has 2 amide bonds. The highest BCUT2D eigenvalue weighted by molar-refractivity contribution is 7.07. The smallest absolute Gasteiger partial charge is 0.227 e. The van der Waals surface area contributed by atoms with Gasteiger partial charge in [0.05, 0.1) is 6.42 Å². The Labute approximate surface area is 164 Å². The fraction of sp³-hybridized carbons (Fsp3) is 0.429. The summed E-state index contributed by atoms with van der Waals surface area (Å²) in [4.78, 5) is 30.7. The van der Waals surface area contributed by atoms with Crippen molar-refractivity contribution in [3.8, 4) is 0 Å². The van der Waals surface area contributed by atoms with E-state index in [4.69, 9.17) is 0 Å². The van der Waals surface area contributed by atoms with Gasteiger partial charge in [0, 0.05) is 51.4 Å². The van der Waals surface area contributed by atoms with E-state index in [1.165, 1.54) is 5.56 Å². The number of amides is 2. The molecule has 0 radical (unpaired) electrons. The molecule has 0 spiro atoms. The van der Waals surface area contributed by atoms with Gasteiger partial charge in [0.1, 0.15) is 0 Å². The summed E-state index contributed by atoms with van der Waals surface area (Å²) in [6, 6.07) is 10.0. The van der Waals surface area contributed by atoms with Crippen molar-refractivity contribution < 1.29 is 9.59 Å². The van der Waals surface area contributed by atoms with Gasteiger partial charge in [-0.2, -0.15) is 11.3 Å². The van der Waals surface area contributed by atoms with E-state index in [9.17, 15) is 9.59 Å². The quantitative estimate of drug-likeness (QED) is 0.797. The Morgan fingerprint density at radius 3 is 2.37 bits per heavy atom. The molecule has 1 aromatic heterocycles. The summed E-state index contributed by atoms with van der Waals surface area (Å²) in [5, 5.41) is 4.30. The number of carbonyl (C=O) groups is 2. The number of thiophene rings is 1. The molecule has 2 aromatic rings. The summed E-state index contributed by atoms with van der Waals surface area (Å²) in [6.07, 6.45) is 1.99. The summed E-state index contributed by atoms with van der Waals surface area (Å²) < 4.78 is 0. The Morgan fingerprint density at radius 1 is 0.963 bits per heavy atom. The number of hydrogen-bond acceptors (Lipinski definition) is 4. The molecule has 3 heterocycles. The van der Waals surface area contributed by atoms with Gasteiger partial charge in [0.15, 0.2) is 0 Å². The maximum Gasteiger partial charge on any atom is 0.227 e. The van der Waals surface area contributed by atoms with Gasteiger partial charge in [0.25, 0.3) is 0 Å². The highest BCUT2D eigenvalue weighted by atomic mass is 32.1. The third-order valence-electron chi connectivity index (χ3n) is 5.39. The Hall–Kier alpha value is -2.18. The van der Waals surface area contributed by atoms with Gasteiger partial charge < -0.3 is 9.80 Å². The van der Waals surface area contributed by atoms with Gasteiger partial charge in [-0.1, -0.05) is 12.1 Å². The first-order valence-electron chi connectivity index (χ1n) is 9.59. The lowest BCUT2D eigenvalue weighted by Crippen LogP contribution is -2.48. The van der Waals surface area contributed by atoms with Crippen LogP contribution in [0.2, 0.25) is 0 Å². The minimum atomic E-state index is 0.190. The maximum atomic E-state index is 12.6.